The Balaban J connectivity index is 1.97. The Morgan fingerprint density at radius 3 is 2.63 bits per heavy atom. The lowest BCUT2D eigenvalue weighted by molar-refractivity contribution is 0.463. The molecule has 0 aliphatic carbocycles. The number of phenolic OH excluding ortho intramolecular Hbond substituents is 1. The lowest BCUT2D eigenvalue weighted by Gasteiger charge is -2.06. The number of hydrogen-bond donors (Lipinski definition) is 1. The molecule has 3 heteroatoms. The summed E-state index contributed by atoms with van der Waals surface area (Å²) in [5, 5.41) is 11.5. The van der Waals surface area contributed by atoms with Crippen LogP contribution in [0.3, 0.4) is 0 Å². The molecule has 0 aliphatic rings. The molecule has 94 valence electrons. The van der Waals surface area contributed by atoms with Gasteiger partial charge in [0.25, 0.3) is 0 Å². The smallest absolute Gasteiger partial charge is 0.219 e. The van der Waals surface area contributed by atoms with Gasteiger partial charge >= 0.3 is 0 Å². The minimum absolute atomic E-state index is 0.248. The maximum atomic E-state index is 9.49. The van der Waals surface area contributed by atoms with Crippen molar-refractivity contribution >= 4 is 10.8 Å². The topological polar surface area (TPSA) is 42.4 Å². The van der Waals surface area contributed by atoms with E-state index in [1.54, 1.807) is 18.3 Å². The summed E-state index contributed by atoms with van der Waals surface area (Å²) in [7, 11) is 0. The van der Waals surface area contributed by atoms with Crippen molar-refractivity contribution in [3.63, 3.8) is 0 Å². The van der Waals surface area contributed by atoms with Crippen LogP contribution in [0.1, 0.15) is 5.56 Å². The minimum atomic E-state index is 0.248. The number of aromatic nitrogens is 1. The molecule has 1 aromatic heterocycles. The number of benzene rings is 2. The average molecular weight is 251 g/mol. The summed E-state index contributed by atoms with van der Waals surface area (Å²) in [6, 6.07) is 14.8. The highest BCUT2D eigenvalue weighted by atomic mass is 16.5. The minimum Gasteiger partial charge on any atom is -0.508 e. The number of pyridine rings is 1. The van der Waals surface area contributed by atoms with Gasteiger partial charge in [0.1, 0.15) is 11.5 Å². The molecule has 2 aromatic carbocycles. The zero-order valence-corrected chi connectivity index (χ0v) is 10.5. The summed E-state index contributed by atoms with van der Waals surface area (Å²) < 4.78 is 5.71. The maximum absolute atomic E-state index is 9.49. The molecule has 3 rings (SSSR count). The van der Waals surface area contributed by atoms with Gasteiger partial charge in [0, 0.05) is 12.3 Å². The van der Waals surface area contributed by atoms with E-state index in [4.69, 9.17) is 4.74 Å². The quantitative estimate of drug-likeness (QED) is 0.747. The highest BCUT2D eigenvalue weighted by Gasteiger charge is 2.01. The van der Waals surface area contributed by atoms with Gasteiger partial charge in [-0.1, -0.05) is 12.1 Å². The maximum Gasteiger partial charge on any atom is 0.219 e. The van der Waals surface area contributed by atoms with Gasteiger partial charge in [0.05, 0.1) is 0 Å². The molecular weight excluding hydrogens is 238 g/mol. The van der Waals surface area contributed by atoms with Gasteiger partial charge in [-0.2, -0.15) is 0 Å². The van der Waals surface area contributed by atoms with E-state index in [1.807, 2.05) is 43.3 Å². The Hall–Kier alpha value is -2.55. The van der Waals surface area contributed by atoms with Crippen LogP contribution in [0, 0.1) is 6.92 Å². The standard InChI is InChI=1S/C16H13NO2/c1-11-6-7-17-16(8-11)19-15-5-3-12-2-4-14(18)9-13(12)10-15/h2-10,18H,1H3. The van der Waals surface area contributed by atoms with Gasteiger partial charge in [-0.05, 0) is 53.6 Å². The zero-order chi connectivity index (χ0) is 13.2. The number of fused-ring (bicyclic) bond motifs is 1. The van der Waals surface area contributed by atoms with Gasteiger partial charge in [-0.25, -0.2) is 4.98 Å². The predicted molar refractivity (Wildman–Crippen MR) is 74.7 cm³/mol. The molecule has 3 nitrogen and oxygen atoms in total. The van der Waals surface area contributed by atoms with Gasteiger partial charge < -0.3 is 9.84 Å². The molecule has 1 heterocycles. The van der Waals surface area contributed by atoms with E-state index in [9.17, 15) is 5.11 Å². The van der Waals surface area contributed by atoms with E-state index in [0.717, 1.165) is 16.3 Å². The highest BCUT2D eigenvalue weighted by Crippen LogP contribution is 2.27. The van der Waals surface area contributed by atoms with Crippen molar-refractivity contribution < 1.29 is 9.84 Å². The molecule has 0 unspecified atom stereocenters. The first-order valence-electron chi connectivity index (χ1n) is 6.04. The molecular formula is C16H13NO2. The van der Waals surface area contributed by atoms with E-state index in [1.165, 1.54) is 0 Å². The van der Waals surface area contributed by atoms with Crippen LogP contribution in [0.2, 0.25) is 0 Å². The summed E-state index contributed by atoms with van der Waals surface area (Å²) in [6.07, 6.45) is 1.72. The molecule has 0 bridgehead atoms. The number of hydrogen-bond acceptors (Lipinski definition) is 3. The number of aromatic hydroxyl groups is 1. The van der Waals surface area contributed by atoms with E-state index in [0.29, 0.717) is 11.6 Å². The van der Waals surface area contributed by atoms with E-state index >= 15 is 0 Å². The Bertz CT molecular complexity index is 738. The molecule has 0 atom stereocenters. The first-order chi connectivity index (χ1) is 9.20. The number of rotatable bonds is 2. The van der Waals surface area contributed by atoms with Gasteiger partial charge in [0.2, 0.25) is 5.88 Å². The van der Waals surface area contributed by atoms with Gasteiger partial charge in [-0.15, -0.1) is 0 Å². The second-order valence-electron chi connectivity index (χ2n) is 4.47. The van der Waals surface area contributed by atoms with Crippen molar-refractivity contribution in [1.82, 2.24) is 4.98 Å². The van der Waals surface area contributed by atoms with Crippen LogP contribution in [0.15, 0.2) is 54.7 Å². The van der Waals surface area contributed by atoms with Crippen LogP contribution in [0.5, 0.6) is 17.4 Å². The molecule has 0 fully saturated rings. The number of nitrogens with zero attached hydrogens (tertiary/aromatic N) is 1. The zero-order valence-electron chi connectivity index (χ0n) is 10.5. The Morgan fingerprint density at radius 1 is 0.947 bits per heavy atom. The lowest BCUT2D eigenvalue weighted by Crippen LogP contribution is -1.88. The third-order valence-corrected chi connectivity index (χ3v) is 2.91. The monoisotopic (exact) mass is 251 g/mol. The van der Waals surface area contributed by atoms with E-state index in [2.05, 4.69) is 4.98 Å². The van der Waals surface area contributed by atoms with E-state index < -0.39 is 0 Å². The summed E-state index contributed by atoms with van der Waals surface area (Å²) >= 11 is 0. The second-order valence-corrected chi connectivity index (χ2v) is 4.47. The van der Waals surface area contributed by atoms with Gasteiger partial charge in [0.15, 0.2) is 0 Å². The summed E-state index contributed by atoms with van der Waals surface area (Å²) in [4.78, 5) is 4.16. The van der Waals surface area contributed by atoms with Crippen LogP contribution in [0.25, 0.3) is 10.8 Å². The Labute approximate surface area is 111 Å². The lowest BCUT2D eigenvalue weighted by atomic mass is 10.1. The number of ether oxygens (including phenoxy) is 1. The average Bonchev–Trinajstić information content (AvgIpc) is 2.38. The SMILES string of the molecule is Cc1ccnc(Oc2ccc3ccc(O)cc3c2)c1. The van der Waals surface area contributed by atoms with Crippen molar-refractivity contribution in [2.75, 3.05) is 0 Å². The number of phenols is 1. The largest absolute Gasteiger partial charge is 0.508 e. The third kappa shape index (κ3) is 2.50. The van der Waals surface area contributed by atoms with Crippen LogP contribution >= 0.6 is 0 Å². The van der Waals surface area contributed by atoms with Crippen molar-refractivity contribution in [2.45, 2.75) is 6.92 Å². The first kappa shape index (κ1) is 11.5. The Morgan fingerprint density at radius 2 is 1.79 bits per heavy atom. The molecule has 3 aromatic rings. The van der Waals surface area contributed by atoms with Crippen LogP contribution in [0.4, 0.5) is 0 Å². The molecule has 0 radical (unpaired) electrons. The molecule has 0 saturated carbocycles. The fraction of sp³-hybridized carbons (Fsp3) is 0.0625. The first-order valence-corrected chi connectivity index (χ1v) is 6.04. The normalized spacial score (nSPS) is 10.6. The van der Waals surface area contributed by atoms with E-state index in [-0.39, 0.29) is 5.75 Å². The molecule has 0 amide bonds. The Kier molecular flexibility index (Phi) is 2.80. The summed E-state index contributed by atoms with van der Waals surface area (Å²) in [5.41, 5.74) is 1.10. The van der Waals surface area contributed by atoms with Crippen molar-refractivity contribution in [2.24, 2.45) is 0 Å². The number of aryl methyl sites for hydroxylation is 1. The van der Waals surface area contributed by atoms with Crippen LogP contribution in [-0.2, 0) is 0 Å². The molecule has 0 spiro atoms. The van der Waals surface area contributed by atoms with Gasteiger partial charge in [-0.3, -0.25) is 0 Å². The third-order valence-electron chi connectivity index (χ3n) is 2.91. The molecule has 0 saturated heterocycles. The fourth-order valence-electron chi connectivity index (χ4n) is 1.96. The van der Waals surface area contributed by atoms with Crippen LogP contribution < -0.4 is 4.74 Å². The van der Waals surface area contributed by atoms with Crippen molar-refractivity contribution in [3.05, 3.63) is 60.3 Å². The predicted octanol–water partition coefficient (Wildman–Crippen LogP) is 4.04. The van der Waals surface area contributed by atoms with Crippen molar-refractivity contribution in [3.8, 4) is 17.4 Å². The summed E-state index contributed by atoms with van der Waals surface area (Å²) in [5.74, 6) is 1.52. The molecule has 1 N–H and O–H groups in total. The molecule has 19 heavy (non-hydrogen) atoms. The molecule has 0 aliphatic heterocycles. The van der Waals surface area contributed by atoms with Crippen LogP contribution in [-0.4, -0.2) is 10.1 Å². The van der Waals surface area contributed by atoms with Crippen molar-refractivity contribution in [1.29, 1.82) is 0 Å². The fourth-order valence-corrected chi connectivity index (χ4v) is 1.96. The summed E-state index contributed by atoms with van der Waals surface area (Å²) in [6.45, 7) is 1.99. The highest BCUT2D eigenvalue weighted by molar-refractivity contribution is 5.85. The second kappa shape index (κ2) is 4.61.